The van der Waals surface area contributed by atoms with Crippen molar-refractivity contribution in [3.8, 4) is 23.7 Å². The van der Waals surface area contributed by atoms with Gasteiger partial charge in [-0.25, -0.2) is 9.18 Å². The smallest absolute Gasteiger partial charge is 0.411 e. The van der Waals surface area contributed by atoms with E-state index in [1.807, 2.05) is 20.1 Å². The maximum absolute atomic E-state index is 15.3. The van der Waals surface area contributed by atoms with Gasteiger partial charge in [-0.15, -0.1) is 21.2 Å². The van der Waals surface area contributed by atoms with E-state index in [1.54, 1.807) is 38.5 Å². The van der Waals surface area contributed by atoms with Crippen LogP contribution in [0.3, 0.4) is 0 Å². The molecule has 0 bridgehead atoms. The van der Waals surface area contributed by atoms with Crippen LogP contribution in [0.2, 0.25) is 0 Å². The van der Waals surface area contributed by atoms with Crippen molar-refractivity contribution in [2.45, 2.75) is 99.6 Å². The lowest BCUT2D eigenvalue weighted by Gasteiger charge is -2.51. The maximum atomic E-state index is 15.3. The molecule has 10 unspecified atom stereocenters. The summed E-state index contributed by atoms with van der Waals surface area (Å²) < 4.78 is 50.1. The van der Waals surface area contributed by atoms with Crippen molar-refractivity contribution in [3.05, 3.63) is 77.0 Å². The number of aromatic nitrogens is 2. The maximum Gasteiger partial charge on any atom is 0.411 e. The molecule has 19 heteroatoms. The molecule has 2 aromatic heterocycles. The van der Waals surface area contributed by atoms with Gasteiger partial charge in [0.2, 0.25) is 5.78 Å². The number of benzene rings is 1. The molecule has 0 saturated carbocycles. The minimum Gasteiger partial charge on any atom is -0.453 e. The number of H-pyrrole nitrogens is 1. The highest BCUT2D eigenvalue weighted by Crippen LogP contribution is 2.46. The Morgan fingerprint density at radius 3 is 2.67 bits per heavy atom. The molecule has 5 N–H and O–H groups in total. The van der Waals surface area contributed by atoms with Gasteiger partial charge in [0.15, 0.2) is 18.4 Å². The number of aromatic amines is 1. The average Bonchev–Trinajstić information content (AvgIpc) is 3.66. The molecule has 2 aliphatic heterocycles. The number of carbonyl (C=O) groups excluding carboxylic acids is 3. The largest absolute Gasteiger partial charge is 0.453 e. The van der Waals surface area contributed by atoms with E-state index in [1.165, 1.54) is 30.5 Å². The summed E-state index contributed by atoms with van der Waals surface area (Å²) in [4.78, 5) is 49.6. The molecule has 0 spiro atoms. The van der Waals surface area contributed by atoms with Gasteiger partial charge >= 0.3 is 6.09 Å². The van der Waals surface area contributed by atoms with Crippen LogP contribution in [0.5, 0.6) is 0 Å². The van der Waals surface area contributed by atoms with Crippen molar-refractivity contribution in [2.24, 2.45) is 5.92 Å². The Bertz CT molecular complexity index is 2610. The molecular formula is C47H53FN4O11S3. The third-order valence-corrected chi connectivity index (χ3v) is 14.5. The average molecular weight is 965 g/mol. The molecule has 15 nitrogen and oxygen atoms in total. The molecule has 2 aliphatic carbocycles. The Kier molecular flexibility index (Phi) is 16.0. The molecule has 12 atom stereocenters. The molecule has 352 valence electrons. The molecule has 4 heterocycles. The Balaban J connectivity index is 1.35. The van der Waals surface area contributed by atoms with E-state index in [2.05, 4.69) is 44.3 Å². The first kappa shape index (κ1) is 49.6. The lowest BCUT2D eigenvalue weighted by Crippen LogP contribution is -2.69. The van der Waals surface area contributed by atoms with E-state index in [0.717, 1.165) is 18.9 Å². The van der Waals surface area contributed by atoms with Crippen LogP contribution in [0.25, 0.3) is 21.8 Å². The van der Waals surface area contributed by atoms with Crippen LogP contribution in [-0.2, 0) is 53.9 Å². The van der Waals surface area contributed by atoms with Gasteiger partial charge in [0, 0.05) is 59.8 Å². The van der Waals surface area contributed by atoms with Crippen LogP contribution < -0.4 is 10.6 Å². The van der Waals surface area contributed by atoms with Gasteiger partial charge in [-0.1, -0.05) is 54.8 Å². The fraction of sp³-hybridized carbons (Fsp3) is 0.489. The van der Waals surface area contributed by atoms with Gasteiger partial charge in [-0.3, -0.25) is 19.9 Å². The van der Waals surface area contributed by atoms with Gasteiger partial charge in [0.05, 0.1) is 55.2 Å². The fourth-order valence-corrected chi connectivity index (χ4v) is 10.6. The SMILES string of the molecule is COC(=O)NC1=C2C#C/C=C\C#C[C@H](OC3OC(C)C(SC)(C(=O)c4nccc5c4[nH]c4ccc(F)cc45)C(O)C3OC3CC(OC)C(NC(C)C)CO3)C2/C(=C\CS(C)=S)[C@@H](O)CC1=O. The molecular weight excluding hydrogens is 912 g/mol. The molecule has 0 radical (unpaired) electrons. The quantitative estimate of drug-likeness (QED) is 0.0938. The summed E-state index contributed by atoms with van der Waals surface area (Å²) >= 11 is 6.58. The third-order valence-electron chi connectivity index (χ3n) is 12.1. The van der Waals surface area contributed by atoms with Crippen molar-refractivity contribution in [3.63, 3.8) is 0 Å². The zero-order valence-corrected chi connectivity index (χ0v) is 39.9. The Morgan fingerprint density at radius 1 is 1.18 bits per heavy atom. The van der Waals surface area contributed by atoms with E-state index in [4.69, 9.17) is 39.6 Å². The number of allylic oxidation sites excluding steroid dienone is 3. The van der Waals surface area contributed by atoms with Gasteiger partial charge in [-0.05, 0) is 61.4 Å². The molecule has 2 saturated heterocycles. The number of aliphatic hydroxyl groups excluding tert-OH is 2. The van der Waals surface area contributed by atoms with Crippen molar-refractivity contribution in [1.29, 1.82) is 0 Å². The Hall–Kier alpha value is -4.35. The molecule has 3 aromatic rings. The number of hydrogen-bond acceptors (Lipinski definition) is 15. The summed E-state index contributed by atoms with van der Waals surface area (Å²) in [5.74, 6) is 9.47. The summed E-state index contributed by atoms with van der Waals surface area (Å²) in [5.41, 5.74) is 1.08. The van der Waals surface area contributed by atoms with E-state index in [-0.39, 0.29) is 48.2 Å². The van der Waals surface area contributed by atoms with E-state index in [9.17, 15) is 24.2 Å². The number of nitrogens with zero attached hydrogens (tertiary/aromatic N) is 1. The molecule has 4 aliphatic rings. The monoisotopic (exact) mass is 964 g/mol. The van der Waals surface area contributed by atoms with Crippen LogP contribution in [0.1, 0.15) is 44.1 Å². The number of amides is 1. The van der Waals surface area contributed by atoms with E-state index in [0.29, 0.717) is 33.1 Å². The predicted molar refractivity (Wildman–Crippen MR) is 251 cm³/mol. The highest BCUT2D eigenvalue weighted by Gasteiger charge is 2.61. The van der Waals surface area contributed by atoms with Gasteiger partial charge in [-0.2, -0.15) is 0 Å². The number of aliphatic hydroxyl groups is 2. The van der Waals surface area contributed by atoms with Crippen LogP contribution in [-0.4, -0.2) is 143 Å². The predicted octanol–water partition coefficient (Wildman–Crippen LogP) is 3.92. The second kappa shape index (κ2) is 21.3. The van der Waals surface area contributed by atoms with Gasteiger partial charge in [0.1, 0.15) is 34.6 Å². The van der Waals surface area contributed by atoms with Crippen molar-refractivity contribution in [1.82, 2.24) is 20.6 Å². The summed E-state index contributed by atoms with van der Waals surface area (Å²) in [5, 5.41) is 31.8. The number of ether oxygens (including phenoxy) is 6. The normalized spacial score (nSPS) is 31.7. The molecule has 7 rings (SSSR count). The number of nitrogens with one attached hydrogen (secondary N) is 3. The van der Waals surface area contributed by atoms with Crippen LogP contribution >= 0.6 is 11.8 Å². The number of carbonyl (C=O) groups is 3. The number of fused-ring (bicyclic) bond motifs is 4. The number of hydrogen-bond donors (Lipinski definition) is 5. The van der Waals surface area contributed by atoms with Gasteiger partial charge in [0.25, 0.3) is 0 Å². The van der Waals surface area contributed by atoms with Crippen LogP contribution in [0.4, 0.5) is 9.18 Å². The van der Waals surface area contributed by atoms with Crippen molar-refractivity contribution in [2.75, 3.05) is 39.1 Å². The van der Waals surface area contributed by atoms with Gasteiger partial charge < -0.3 is 48.9 Å². The van der Waals surface area contributed by atoms with Crippen molar-refractivity contribution >= 4 is 71.9 Å². The third kappa shape index (κ3) is 10.1. The summed E-state index contributed by atoms with van der Waals surface area (Å²) in [7, 11) is 2.17. The second-order valence-corrected chi connectivity index (χ2v) is 20.8. The first-order chi connectivity index (χ1) is 31.6. The standard InChI is InChI=1S/C47H53FN4O11S3/c1-24(2)50-32-23-60-37(22-36(32)58-4)63-42-44(56)47(65-6,43(55)41-40-27(16-18-49-41)30-20-26(48)14-15-31(30)51-40)25(3)61-45(42)62-35-13-11-9-8-10-12-29-38(35)28(17-19-66(7)64)33(53)21-34(54)39(29)52-46(57)59-5/h8-9,14-18,20,24-25,32-33,35-38,42,44-45,50-51,53,56H,19,21-23H2,1-7H3,(H,52,57)/b9-8-,28-17-/t25?,32?,33-,35-,36?,37?,38?,42?,44?,45?,47?,66?/m0/s1. The Morgan fingerprint density at radius 2 is 1.95 bits per heavy atom. The number of thioether (sulfide) groups is 1. The molecule has 1 aromatic carbocycles. The first-order valence-corrected chi connectivity index (χ1v) is 25.3. The van der Waals surface area contributed by atoms with Crippen LogP contribution in [0, 0.1) is 35.4 Å². The fourth-order valence-electron chi connectivity index (χ4n) is 8.95. The number of rotatable bonds is 13. The number of methoxy groups -OCH3 is 2. The zero-order chi connectivity index (χ0) is 47.4. The zero-order valence-electron chi connectivity index (χ0n) is 37.4. The second-order valence-electron chi connectivity index (χ2n) is 16.5. The highest BCUT2D eigenvalue weighted by molar-refractivity contribution is 8.28. The number of ketones is 2. The first-order valence-electron chi connectivity index (χ1n) is 21.3. The molecule has 2 fully saturated rings. The van der Waals surface area contributed by atoms with E-state index < -0.39 is 93.1 Å². The van der Waals surface area contributed by atoms with Crippen LogP contribution in [0.15, 0.2) is 65.5 Å². The minimum absolute atomic E-state index is 0.0153. The highest BCUT2D eigenvalue weighted by atomic mass is 32.8. The Labute approximate surface area is 393 Å². The molecule has 66 heavy (non-hydrogen) atoms. The van der Waals surface area contributed by atoms with E-state index >= 15 is 4.79 Å². The summed E-state index contributed by atoms with van der Waals surface area (Å²) in [6.07, 6.45) is -1.37. The summed E-state index contributed by atoms with van der Waals surface area (Å²) in [6.45, 7) is 5.83. The number of alkyl carbamates (subject to hydrolysis) is 1. The lowest BCUT2D eigenvalue weighted by atomic mass is 9.82. The minimum atomic E-state index is -1.80. The van der Waals surface area contributed by atoms with Crippen molar-refractivity contribution < 1.29 is 57.4 Å². The number of pyridine rings is 1. The number of halogens is 1. The summed E-state index contributed by atoms with van der Waals surface area (Å²) in [6, 6.07) is 5.87. The molecule has 1 amide bonds. The topological polar surface area (TPSA) is 200 Å². The number of Topliss-reactive ketones (excluding diaryl/α,β-unsaturated/α-hetero) is 2. The lowest BCUT2D eigenvalue weighted by molar-refractivity contribution is -0.326.